The van der Waals surface area contributed by atoms with Crippen molar-refractivity contribution in [3.05, 3.63) is 0 Å². The SMILES string of the molecule is CNC(CCC1CCCC1)C1(OC)CCCC1. The molecule has 0 heterocycles. The molecule has 2 aliphatic carbocycles. The van der Waals surface area contributed by atoms with Crippen LogP contribution in [0.1, 0.15) is 64.2 Å². The molecule has 2 saturated carbocycles. The van der Waals surface area contributed by atoms with Crippen LogP contribution in [0.2, 0.25) is 0 Å². The van der Waals surface area contributed by atoms with Gasteiger partial charge in [0.2, 0.25) is 0 Å². The molecule has 0 aliphatic heterocycles. The van der Waals surface area contributed by atoms with Crippen LogP contribution in [0.5, 0.6) is 0 Å². The van der Waals surface area contributed by atoms with Crippen molar-refractivity contribution >= 4 is 0 Å². The normalized spacial score (nSPS) is 26.5. The second-order valence-electron chi connectivity index (χ2n) is 6.05. The lowest BCUT2D eigenvalue weighted by molar-refractivity contribution is -0.0371. The molecule has 1 unspecified atom stereocenters. The van der Waals surface area contributed by atoms with Gasteiger partial charge in [-0.25, -0.2) is 0 Å². The molecular weight excluding hydrogens is 210 g/mol. The summed E-state index contributed by atoms with van der Waals surface area (Å²) in [7, 11) is 4.02. The third kappa shape index (κ3) is 3.03. The Kier molecular flexibility index (Phi) is 4.87. The zero-order valence-electron chi connectivity index (χ0n) is 11.6. The van der Waals surface area contributed by atoms with Crippen molar-refractivity contribution < 1.29 is 4.74 Å². The average Bonchev–Trinajstić information content (AvgIpc) is 3.00. The van der Waals surface area contributed by atoms with E-state index in [2.05, 4.69) is 12.4 Å². The number of hydrogen-bond donors (Lipinski definition) is 1. The highest BCUT2D eigenvalue weighted by Gasteiger charge is 2.40. The summed E-state index contributed by atoms with van der Waals surface area (Å²) >= 11 is 0. The lowest BCUT2D eigenvalue weighted by Gasteiger charge is -2.37. The number of likely N-dealkylation sites (N-methyl/N-ethyl adjacent to an activating group) is 1. The molecule has 0 saturated heterocycles. The molecule has 100 valence electrons. The number of hydrogen-bond acceptors (Lipinski definition) is 2. The van der Waals surface area contributed by atoms with Gasteiger partial charge in [0.15, 0.2) is 0 Å². The molecule has 17 heavy (non-hydrogen) atoms. The van der Waals surface area contributed by atoms with E-state index in [0.29, 0.717) is 6.04 Å². The van der Waals surface area contributed by atoms with E-state index in [-0.39, 0.29) is 5.60 Å². The van der Waals surface area contributed by atoms with Crippen molar-refractivity contribution in [2.45, 2.75) is 75.9 Å². The lowest BCUT2D eigenvalue weighted by Crippen LogP contribution is -2.49. The molecular formula is C15H29NO. The van der Waals surface area contributed by atoms with Gasteiger partial charge in [0, 0.05) is 13.2 Å². The minimum atomic E-state index is 0.146. The summed E-state index contributed by atoms with van der Waals surface area (Å²) < 4.78 is 5.90. The molecule has 0 radical (unpaired) electrons. The Bertz CT molecular complexity index is 217. The maximum absolute atomic E-state index is 5.90. The Morgan fingerprint density at radius 1 is 1.18 bits per heavy atom. The second-order valence-corrected chi connectivity index (χ2v) is 6.05. The fourth-order valence-corrected chi connectivity index (χ4v) is 4.04. The summed E-state index contributed by atoms with van der Waals surface area (Å²) in [5, 5.41) is 3.53. The van der Waals surface area contributed by atoms with Gasteiger partial charge in [-0.05, 0) is 38.6 Å². The molecule has 0 aromatic carbocycles. The summed E-state index contributed by atoms with van der Waals surface area (Å²) in [6.07, 6.45) is 13.7. The van der Waals surface area contributed by atoms with Gasteiger partial charge in [-0.1, -0.05) is 38.5 Å². The molecule has 2 aliphatic rings. The van der Waals surface area contributed by atoms with E-state index >= 15 is 0 Å². The highest BCUT2D eigenvalue weighted by atomic mass is 16.5. The third-order valence-corrected chi connectivity index (χ3v) is 5.18. The summed E-state index contributed by atoms with van der Waals surface area (Å²) in [6.45, 7) is 0. The predicted molar refractivity (Wildman–Crippen MR) is 72.2 cm³/mol. The first-order valence-corrected chi connectivity index (χ1v) is 7.53. The first kappa shape index (κ1) is 13.4. The van der Waals surface area contributed by atoms with Gasteiger partial charge >= 0.3 is 0 Å². The first-order valence-electron chi connectivity index (χ1n) is 7.53. The van der Waals surface area contributed by atoms with E-state index in [1.54, 1.807) is 0 Å². The van der Waals surface area contributed by atoms with Crippen LogP contribution in [0.25, 0.3) is 0 Å². The minimum absolute atomic E-state index is 0.146. The van der Waals surface area contributed by atoms with Gasteiger partial charge in [-0.2, -0.15) is 0 Å². The van der Waals surface area contributed by atoms with Crippen LogP contribution in [0.3, 0.4) is 0 Å². The van der Waals surface area contributed by atoms with Gasteiger partial charge in [0.25, 0.3) is 0 Å². The standard InChI is InChI=1S/C15H29NO/c1-16-14(10-9-13-7-3-4-8-13)15(17-2)11-5-6-12-15/h13-14,16H,3-12H2,1-2H3. The molecule has 2 nitrogen and oxygen atoms in total. The largest absolute Gasteiger partial charge is 0.377 e. The maximum Gasteiger partial charge on any atom is 0.0830 e. The average molecular weight is 239 g/mol. The summed E-state index contributed by atoms with van der Waals surface area (Å²) in [5.41, 5.74) is 0.146. The van der Waals surface area contributed by atoms with Crippen molar-refractivity contribution in [1.82, 2.24) is 5.32 Å². The summed E-state index contributed by atoms with van der Waals surface area (Å²) in [5.74, 6) is 1.00. The molecule has 1 atom stereocenters. The summed E-state index contributed by atoms with van der Waals surface area (Å²) in [4.78, 5) is 0. The van der Waals surface area contributed by atoms with E-state index in [0.717, 1.165) is 5.92 Å². The number of methoxy groups -OCH3 is 1. The Labute approximate surface area is 107 Å². The Morgan fingerprint density at radius 2 is 1.82 bits per heavy atom. The predicted octanol–water partition coefficient (Wildman–Crippen LogP) is 3.50. The van der Waals surface area contributed by atoms with Crippen molar-refractivity contribution in [3.8, 4) is 0 Å². The molecule has 1 N–H and O–H groups in total. The van der Waals surface area contributed by atoms with E-state index in [4.69, 9.17) is 4.74 Å². The lowest BCUT2D eigenvalue weighted by atomic mass is 9.86. The zero-order valence-corrected chi connectivity index (χ0v) is 11.6. The van der Waals surface area contributed by atoms with E-state index in [9.17, 15) is 0 Å². The van der Waals surface area contributed by atoms with Crippen LogP contribution in [0.15, 0.2) is 0 Å². The van der Waals surface area contributed by atoms with E-state index in [1.807, 2.05) is 7.11 Å². The second kappa shape index (κ2) is 6.19. The van der Waals surface area contributed by atoms with Crippen LogP contribution >= 0.6 is 0 Å². The summed E-state index contributed by atoms with van der Waals surface area (Å²) in [6, 6.07) is 0.565. The van der Waals surface area contributed by atoms with Gasteiger partial charge in [-0.15, -0.1) is 0 Å². The highest BCUT2D eigenvalue weighted by Crippen LogP contribution is 2.38. The number of ether oxygens (including phenoxy) is 1. The molecule has 0 bridgehead atoms. The van der Waals surface area contributed by atoms with Crippen LogP contribution < -0.4 is 5.32 Å². The van der Waals surface area contributed by atoms with Gasteiger partial charge < -0.3 is 10.1 Å². The minimum Gasteiger partial charge on any atom is -0.377 e. The van der Waals surface area contributed by atoms with Crippen LogP contribution in [0.4, 0.5) is 0 Å². The molecule has 0 aromatic rings. The zero-order chi connectivity index (χ0) is 12.1. The van der Waals surface area contributed by atoms with Crippen molar-refractivity contribution in [1.29, 1.82) is 0 Å². The maximum atomic E-state index is 5.90. The topological polar surface area (TPSA) is 21.3 Å². The fourth-order valence-electron chi connectivity index (χ4n) is 4.04. The van der Waals surface area contributed by atoms with E-state index in [1.165, 1.54) is 64.2 Å². The van der Waals surface area contributed by atoms with Crippen LogP contribution in [-0.2, 0) is 4.74 Å². The van der Waals surface area contributed by atoms with Crippen molar-refractivity contribution in [3.63, 3.8) is 0 Å². The van der Waals surface area contributed by atoms with Crippen LogP contribution in [-0.4, -0.2) is 25.8 Å². The third-order valence-electron chi connectivity index (χ3n) is 5.18. The Balaban J connectivity index is 1.85. The molecule has 2 rings (SSSR count). The number of nitrogens with one attached hydrogen (secondary N) is 1. The van der Waals surface area contributed by atoms with Gasteiger partial charge in [0.1, 0.15) is 0 Å². The van der Waals surface area contributed by atoms with Gasteiger partial charge in [0.05, 0.1) is 5.60 Å². The van der Waals surface area contributed by atoms with Crippen LogP contribution in [0, 0.1) is 5.92 Å². The quantitative estimate of drug-likeness (QED) is 0.766. The highest BCUT2D eigenvalue weighted by molar-refractivity contribution is 4.96. The molecule has 0 aromatic heterocycles. The molecule has 0 amide bonds. The molecule has 2 fully saturated rings. The fraction of sp³-hybridized carbons (Fsp3) is 1.00. The van der Waals surface area contributed by atoms with E-state index < -0.39 is 0 Å². The van der Waals surface area contributed by atoms with Gasteiger partial charge in [-0.3, -0.25) is 0 Å². The smallest absolute Gasteiger partial charge is 0.0830 e. The number of rotatable bonds is 6. The monoisotopic (exact) mass is 239 g/mol. The molecule has 2 heteroatoms. The van der Waals surface area contributed by atoms with Crippen molar-refractivity contribution in [2.75, 3.05) is 14.2 Å². The van der Waals surface area contributed by atoms with Crippen molar-refractivity contribution in [2.24, 2.45) is 5.92 Å². The molecule has 0 spiro atoms. The first-order chi connectivity index (χ1) is 8.30. The Morgan fingerprint density at radius 3 is 2.35 bits per heavy atom. The Hall–Kier alpha value is -0.0800.